The maximum atomic E-state index is 13.1. The van der Waals surface area contributed by atoms with E-state index in [9.17, 15) is 14.9 Å². The molecule has 0 radical (unpaired) electrons. The Morgan fingerprint density at radius 1 is 1.10 bits per heavy atom. The highest BCUT2D eigenvalue weighted by Gasteiger charge is 2.49. The molecule has 0 saturated carbocycles. The Kier molecular flexibility index (Phi) is 5.56. The van der Waals surface area contributed by atoms with Crippen molar-refractivity contribution in [3.63, 3.8) is 0 Å². The zero-order chi connectivity index (χ0) is 21.1. The molecular formula is C24H26N3O3+. The highest BCUT2D eigenvalue weighted by molar-refractivity contribution is 6.21. The van der Waals surface area contributed by atoms with E-state index in [2.05, 4.69) is 6.07 Å². The van der Waals surface area contributed by atoms with Gasteiger partial charge in [0.2, 0.25) is 5.91 Å². The highest BCUT2D eigenvalue weighted by Crippen LogP contribution is 2.32. The summed E-state index contributed by atoms with van der Waals surface area (Å²) in [6, 6.07) is 19.1. The second kappa shape index (κ2) is 8.29. The minimum Gasteiger partial charge on any atom is -0.494 e. The largest absolute Gasteiger partial charge is 0.494 e. The normalized spacial score (nSPS) is 26.5. The molecular weight excluding hydrogens is 378 g/mol. The number of ether oxygens (including phenoxy) is 1. The van der Waals surface area contributed by atoms with E-state index < -0.39 is 5.41 Å². The number of imide groups is 1. The Morgan fingerprint density at radius 2 is 1.77 bits per heavy atom. The number of anilines is 1. The van der Waals surface area contributed by atoms with E-state index in [4.69, 9.17) is 4.74 Å². The van der Waals surface area contributed by atoms with E-state index in [1.54, 1.807) is 24.3 Å². The average molecular weight is 404 g/mol. The van der Waals surface area contributed by atoms with Gasteiger partial charge in [-0.25, -0.2) is 4.90 Å². The van der Waals surface area contributed by atoms with Crippen LogP contribution in [0.5, 0.6) is 5.75 Å². The number of piperidine rings is 1. The first kappa shape index (κ1) is 20.1. The third-order valence-electron chi connectivity index (χ3n) is 6.33. The van der Waals surface area contributed by atoms with Crippen LogP contribution in [0.4, 0.5) is 5.69 Å². The molecule has 2 aliphatic rings. The minimum atomic E-state index is -0.509. The molecule has 2 saturated heterocycles. The first-order valence-corrected chi connectivity index (χ1v) is 10.5. The van der Waals surface area contributed by atoms with Crippen LogP contribution in [-0.2, 0) is 15.0 Å². The number of nitrogens with zero attached hydrogens (tertiary/aromatic N) is 2. The second-order valence-corrected chi connectivity index (χ2v) is 7.97. The van der Waals surface area contributed by atoms with Gasteiger partial charge >= 0.3 is 0 Å². The first-order valence-electron chi connectivity index (χ1n) is 10.5. The lowest BCUT2D eigenvalue weighted by atomic mass is 9.74. The van der Waals surface area contributed by atoms with Gasteiger partial charge < -0.3 is 9.64 Å². The topological polar surface area (TPSA) is 74.8 Å². The van der Waals surface area contributed by atoms with Crippen LogP contribution >= 0.6 is 0 Å². The van der Waals surface area contributed by atoms with Crippen LogP contribution in [0.15, 0.2) is 54.6 Å². The molecule has 2 fully saturated rings. The molecule has 30 heavy (non-hydrogen) atoms. The average Bonchev–Trinajstić information content (AvgIpc) is 3.09. The van der Waals surface area contributed by atoms with Crippen molar-refractivity contribution in [3.8, 4) is 11.8 Å². The summed E-state index contributed by atoms with van der Waals surface area (Å²) in [6.07, 6.45) is 1.58. The summed E-state index contributed by atoms with van der Waals surface area (Å²) in [6.45, 7) is 3.87. The molecule has 6 nitrogen and oxygen atoms in total. The summed E-state index contributed by atoms with van der Waals surface area (Å²) in [5.41, 5.74) is 1.12. The molecule has 2 heterocycles. The molecule has 6 heteroatoms. The minimum absolute atomic E-state index is 0.150. The number of nitrogens with one attached hydrogen (secondary N) is 1. The van der Waals surface area contributed by atoms with Crippen LogP contribution in [0.1, 0.15) is 31.7 Å². The van der Waals surface area contributed by atoms with Crippen LogP contribution < -0.4 is 14.5 Å². The third-order valence-corrected chi connectivity index (χ3v) is 6.33. The fourth-order valence-corrected chi connectivity index (χ4v) is 4.65. The van der Waals surface area contributed by atoms with Crippen molar-refractivity contribution in [2.45, 2.75) is 37.6 Å². The van der Waals surface area contributed by atoms with Gasteiger partial charge in [-0.3, -0.25) is 9.59 Å². The fraction of sp³-hybridized carbons (Fsp3) is 0.375. The zero-order valence-electron chi connectivity index (χ0n) is 17.1. The molecule has 0 aliphatic carbocycles. The number of amides is 2. The van der Waals surface area contributed by atoms with Crippen molar-refractivity contribution in [1.82, 2.24) is 0 Å². The summed E-state index contributed by atoms with van der Waals surface area (Å²) < 4.78 is 5.44. The summed E-state index contributed by atoms with van der Waals surface area (Å²) in [7, 11) is 0. The lowest BCUT2D eigenvalue weighted by molar-refractivity contribution is -0.920. The Hall–Kier alpha value is -3.17. The van der Waals surface area contributed by atoms with Gasteiger partial charge in [-0.2, -0.15) is 5.26 Å². The SMILES string of the molecule is CCOc1ccc(N2C(=O)C[C@H]([NH+]3CCC(C#N)(c4ccccc4)CC3)C2=O)cc1. The molecule has 0 bridgehead atoms. The summed E-state index contributed by atoms with van der Waals surface area (Å²) in [5.74, 6) is 0.400. The van der Waals surface area contributed by atoms with Gasteiger partial charge in [0.1, 0.15) is 5.75 Å². The predicted octanol–water partition coefficient (Wildman–Crippen LogP) is 1.86. The zero-order valence-corrected chi connectivity index (χ0v) is 17.1. The van der Waals surface area contributed by atoms with Gasteiger partial charge in [0, 0.05) is 12.8 Å². The Morgan fingerprint density at radius 3 is 2.37 bits per heavy atom. The number of nitriles is 1. The molecule has 4 rings (SSSR count). The number of carbonyl (C=O) groups excluding carboxylic acids is 2. The van der Waals surface area contributed by atoms with E-state index in [1.165, 1.54) is 4.90 Å². The number of rotatable bonds is 5. The lowest BCUT2D eigenvalue weighted by Gasteiger charge is -2.37. The molecule has 1 atom stereocenters. The van der Waals surface area contributed by atoms with Crippen LogP contribution in [0.2, 0.25) is 0 Å². The maximum absolute atomic E-state index is 13.1. The third kappa shape index (κ3) is 3.57. The summed E-state index contributed by atoms with van der Waals surface area (Å²) >= 11 is 0. The van der Waals surface area contributed by atoms with Crippen molar-refractivity contribution in [1.29, 1.82) is 5.26 Å². The summed E-state index contributed by atoms with van der Waals surface area (Å²) in [5, 5.41) is 9.89. The second-order valence-electron chi connectivity index (χ2n) is 7.97. The van der Waals surface area contributed by atoms with Crippen molar-refractivity contribution in [3.05, 3.63) is 60.2 Å². The van der Waals surface area contributed by atoms with Gasteiger partial charge in [0.05, 0.1) is 43.3 Å². The van der Waals surface area contributed by atoms with Gasteiger partial charge in [-0.05, 0) is 36.8 Å². The molecule has 1 N–H and O–H groups in total. The van der Waals surface area contributed by atoms with Crippen LogP contribution in [0, 0.1) is 11.3 Å². The van der Waals surface area contributed by atoms with Crippen LogP contribution in [-0.4, -0.2) is 37.6 Å². The number of quaternary nitrogens is 1. The Labute approximate surface area is 176 Å². The molecule has 0 spiro atoms. The highest BCUT2D eigenvalue weighted by atomic mass is 16.5. The van der Waals surface area contributed by atoms with Crippen molar-refractivity contribution < 1.29 is 19.2 Å². The molecule has 0 unspecified atom stereocenters. The maximum Gasteiger partial charge on any atom is 0.292 e. The number of benzene rings is 2. The van der Waals surface area contributed by atoms with E-state index in [1.807, 2.05) is 37.3 Å². The lowest BCUT2D eigenvalue weighted by Crippen LogP contribution is -3.18. The van der Waals surface area contributed by atoms with Crippen molar-refractivity contribution in [2.24, 2.45) is 0 Å². The van der Waals surface area contributed by atoms with E-state index >= 15 is 0 Å². The molecule has 2 aromatic rings. The van der Waals surface area contributed by atoms with E-state index in [0.717, 1.165) is 10.5 Å². The standard InChI is InChI=1S/C24H25N3O3/c1-2-30-20-10-8-19(9-11-20)27-22(28)16-21(23(27)29)26-14-12-24(17-25,13-15-26)18-6-4-3-5-7-18/h3-11,21H,2,12-16H2,1H3/p+1/t21-/m0/s1. The Balaban J connectivity index is 1.47. The fourth-order valence-electron chi connectivity index (χ4n) is 4.65. The molecule has 2 amide bonds. The number of hydrogen-bond donors (Lipinski definition) is 1. The Bertz CT molecular complexity index is 957. The molecule has 2 aliphatic heterocycles. The monoisotopic (exact) mass is 404 g/mol. The van der Waals surface area contributed by atoms with Gasteiger partial charge in [0.15, 0.2) is 6.04 Å². The summed E-state index contributed by atoms with van der Waals surface area (Å²) in [4.78, 5) is 28.2. The van der Waals surface area contributed by atoms with Gasteiger partial charge in [-0.15, -0.1) is 0 Å². The van der Waals surface area contributed by atoms with Gasteiger partial charge in [-0.1, -0.05) is 30.3 Å². The van der Waals surface area contributed by atoms with E-state index in [-0.39, 0.29) is 24.3 Å². The predicted molar refractivity (Wildman–Crippen MR) is 112 cm³/mol. The van der Waals surface area contributed by atoms with Gasteiger partial charge in [0.25, 0.3) is 5.91 Å². The van der Waals surface area contributed by atoms with Crippen LogP contribution in [0.3, 0.4) is 0 Å². The quantitative estimate of drug-likeness (QED) is 0.772. The molecule has 0 aromatic heterocycles. The number of carbonyl (C=O) groups is 2. The smallest absolute Gasteiger partial charge is 0.292 e. The number of hydrogen-bond acceptors (Lipinski definition) is 4. The first-order chi connectivity index (χ1) is 14.6. The van der Waals surface area contributed by atoms with Crippen molar-refractivity contribution >= 4 is 17.5 Å². The van der Waals surface area contributed by atoms with Crippen molar-refractivity contribution in [2.75, 3.05) is 24.6 Å². The number of likely N-dealkylation sites (tertiary alicyclic amines) is 1. The molecule has 2 aromatic carbocycles. The van der Waals surface area contributed by atoms with E-state index in [0.29, 0.717) is 44.0 Å². The van der Waals surface area contributed by atoms with Crippen LogP contribution in [0.25, 0.3) is 0 Å². The molecule has 154 valence electrons.